The van der Waals surface area contributed by atoms with Crippen LogP contribution in [0.4, 0.5) is 0 Å². The van der Waals surface area contributed by atoms with Crippen molar-refractivity contribution in [2.75, 3.05) is 19.6 Å². The Morgan fingerprint density at radius 3 is 2.79 bits per heavy atom. The molecule has 2 rings (SSSR count). The SMILES string of the molecule is CCN1CC(S(=O)(=O)NC2CCCNC2C)CC1=O. The maximum atomic E-state index is 12.3. The summed E-state index contributed by atoms with van der Waals surface area (Å²) in [5, 5.41) is 2.67. The molecule has 6 nitrogen and oxygen atoms in total. The highest BCUT2D eigenvalue weighted by molar-refractivity contribution is 7.90. The molecule has 0 aromatic heterocycles. The van der Waals surface area contributed by atoms with Crippen LogP contribution in [0.2, 0.25) is 0 Å². The molecule has 2 N–H and O–H groups in total. The van der Waals surface area contributed by atoms with Crippen LogP contribution in [0, 0.1) is 0 Å². The average molecular weight is 289 g/mol. The van der Waals surface area contributed by atoms with Crippen molar-refractivity contribution in [3.63, 3.8) is 0 Å². The lowest BCUT2D eigenvalue weighted by Crippen LogP contribution is -2.53. The maximum absolute atomic E-state index is 12.3. The first-order chi connectivity index (χ1) is 8.94. The lowest BCUT2D eigenvalue weighted by atomic mass is 10.0. The van der Waals surface area contributed by atoms with Gasteiger partial charge in [-0.05, 0) is 33.2 Å². The van der Waals surface area contributed by atoms with Crippen molar-refractivity contribution >= 4 is 15.9 Å². The quantitative estimate of drug-likeness (QED) is 0.743. The number of piperidine rings is 1. The number of rotatable bonds is 4. The van der Waals surface area contributed by atoms with Gasteiger partial charge in [0.2, 0.25) is 15.9 Å². The van der Waals surface area contributed by atoms with Crippen LogP contribution in [-0.2, 0) is 14.8 Å². The van der Waals surface area contributed by atoms with E-state index in [1.807, 2.05) is 13.8 Å². The molecule has 0 aliphatic carbocycles. The van der Waals surface area contributed by atoms with Gasteiger partial charge in [-0.1, -0.05) is 0 Å². The van der Waals surface area contributed by atoms with Crippen LogP contribution in [0.15, 0.2) is 0 Å². The van der Waals surface area contributed by atoms with E-state index in [0.717, 1.165) is 19.4 Å². The molecule has 2 aliphatic rings. The second kappa shape index (κ2) is 5.76. The highest BCUT2D eigenvalue weighted by atomic mass is 32.2. The highest BCUT2D eigenvalue weighted by Gasteiger charge is 2.39. The smallest absolute Gasteiger partial charge is 0.224 e. The summed E-state index contributed by atoms with van der Waals surface area (Å²) in [6, 6.07) is 0.0763. The van der Waals surface area contributed by atoms with Crippen molar-refractivity contribution < 1.29 is 13.2 Å². The zero-order valence-electron chi connectivity index (χ0n) is 11.6. The minimum absolute atomic E-state index is 0.0623. The molecule has 3 unspecified atom stereocenters. The Balaban J connectivity index is 2.00. The first-order valence-corrected chi connectivity index (χ1v) is 8.51. The van der Waals surface area contributed by atoms with E-state index in [1.54, 1.807) is 4.90 Å². The Bertz CT molecular complexity index is 438. The van der Waals surface area contributed by atoms with E-state index in [4.69, 9.17) is 0 Å². The third-order valence-electron chi connectivity index (χ3n) is 4.08. The van der Waals surface area contributed by atoms with E-state index < -0.39 is 15.3 Å². The van der Waals surface area contributed by atoms with Crippen molar-refractivity contribution in [3.8, 4) is 0 Å². The van der Waals surface area contributed by atoms with E-state index in [-0.39, 0.29) is 24.4 Å². The molecule has 0 radical (unpaired) electrons. The number of carbonyl (C=O) groups is 1. The van der Waals surface area contributed by atoms with Crippen molar-refractivity contribution in [1.82, 2.24) is 14.9 Å². The molecule has 2 aliphatic heterocycles. The zero-order chi connectivity index (χ0) is 14.0. The molecule has 0 bridgehead atoms. The Morgan fingerprint density at radius 1 is 1.47 bits per heavy atom. The van der Waals surface area contributed by atoms with Crippen LogP contribution in [0.1, 0.15) is 33.1 Å². The Hall–Kier alpha value is -0.660. The lowest BCUT2D eigenvalue weighted by Gasteiger charge is -2.31. The minimum atomic E-state index is -3.42. The molecule has 0 aromatic carbocycles. The van der Waals surface area contributed by atoms with Gasteiger partial charge in [-0.25, -0.2) is 13.1 Å². The number of amides is 1. The van der Waals surface area contributed by atoms with Gasteiger partial charge in [-0.15, -0.1) is 0 Å². The topological polar surface area (TPSA) is 78.5 Å². The van der Waals surface area contributed by atoms with E-state index >= 15 is 0 Å². The third kappa shape index (κ3) is 3.27. The standard InChI is InChI=1S/C12H23N3O3S/c1-3-15-8-10(7-12(15)16)19(17,18)14-11-5-4-6-13-9(11)2/h9-11,13-14H,3-8H2,1-2H3. The van der Waals surface area contributed by atoms with Gasteiger partial charge < -0.3 is 10.2 Å². The fourth-order valence-electron chi connectivity index (χ4n) is 2.76. The molecular weight excluding hydrogens is 266 g/mol. The van der Waals surface area contributed by atoms with Gasteiger partial charge in [0.15, 0.2) is 0 Å². The van der Waals surface area contributed by atoms with Crippen LogP contribution < -0.4 is 10.0 Å². The van der Waals surface area contributed by atoms with Gasteiger partial charge in [0.25, 0.3) is 0 Å². The van der Waals surface area contributed by atoms with Crippen molar-refractivity contribution in [1.29, 1.82) is 0 Å². The normalized spacial score (nSPS) is 32.8. The number of hydrogen-bond acceptors (Lipinski definition) is 4. The van der Waals surface area contributed by atoms with E-state index in [0.29, 0.717) is 13.1 Å². The van der Waals surface area contributed by atoms with Crippen molar-refractivity contribution in [2.45, 2.75) is 50.4 Å². The fourth-order valence-corrected chi connectivity index (χ4v) is 4.44. The zero-order valence-corrected chi connectivity index (χ0v) is 12.4. The van der Waals surface area contributed by atoms with Crippen LogP contribution in [-0.4, -0.2) is 56.2 Å². The third-order valence-corrected chi connectivity index (χ3v) is 5.90. The molecule has 2 heterocycles. The van der Waals surface area contributed by atoms with E-state index in [1.165, 1.54) is 0 Å². The first-order valence-electron chi connectivity index (χ1n) is 6.96. The van der Waals surface area contributed by atoms with Crippen LogP contribution in [0.5, 0.6) is 0 Å². The summed E-state index contributed by atoms with van der Waals surface area (Å²) in [6.07, 6.45) is 1.94. The summed E-state index contributed by atoms with van der Waals surface area (Å²) in [4.78, 5) is 13.2. The summed E-state index contributed by atoms with van der Waals surface area (Å²) in [5.74, 6) is -0.0623. The maximum Gasteiger partial charge on any atom is 0.224 e. The predicted molar refractivity (Wildman–Crippen MR) is 73.2 cm³/mol. The minimum Gasteiger partial charge on any atom is -0.342 e. The Morgan fingerprint density at radius 2 is 2.21 bits per heavy atom. The number of nitrogens with one attached hydrogen (secondary N) is 2. The Kier molecular flexibility index (Phi) is 4.47. The summed E-state index contributed by atoms with van der Waals surface area (Å²) < 4.78 is 27.5. The molecule has 0 aromatic rings. The van der Waals surface area contributed by atoms with Crippen molar-refractivity contribution in [2.24, 2.45) is 0 Å². The molecule has 19 heavy (non-hydrogen) atoms. The summed E-state index contributed by atoms with van der Waals surface area (Å²) in [6.45, 7) is 5.69. The molecule has 1 amide bonds. The van der Waals surface area contributed by atoms with Crippen LogP contribution in [0.3, 0.4) is 0 Å². The molecular formula is C12H23N3O3S. The fraction of sp³-hybridized carbons (Fsp3) is 0.917. The van der Waals surface area contributed by atoms with Gasteiger partial charge in [-0.3, -0.25) is 4.79 Å². The molecule has 0 spiro atoms. The van der Waals surface area contributed by atoms with E-state index in [9.17, 15) is 13.2 Å². The molecule has 3 atom stereocenters. The van der Waals surface area contributed by atoms with Gasteiger partial charge in [0.05, 0.1) is 0 Å². The van der Waals surface area contributed by atoms with Gasteiger partial charge in [0.1, 0.15) is 5.25 Å². The van der Waals surface area contributed by atoms with Gasteiger partial charge in [-0.2, -0.15) is 0 Å². The molecule has 110 valence electrons. The number of hydrogen-bond donors (Lipinski definition) is 2. The first kappa shape index (κ1) is 14.7. The lowest BCUT2D eigenvalue weighted by molar-refractivity contribution is -0.127. The number of likely N-dealkylation sites (tertiary alicyclic amines) is 1. The summed E-state index contributed by atoms with van der Waals surface area (Å²) >= 11 is 0. The number of nitrogens with zero attached hydrogens (tertiary/aromatic N) is 1. The molecule has 7 heteroatoms. The molecule has 2 fully saturated rings. The largest absolute Gasteiger partial charge is 0.342 e. The van der Waals surface area contributed by atoms with Gasteiger partial charge in [0, 0.05) is 31.6 Å². The summed E-state index contributed by atoms with van der Waals surface area (Å²) in [7, 11) is -3.42. The second-order valence-corrected chi connectivity index (χ2v) is 7.41. The summed E-state index contributed by atoms with van der Waals surface area (Å²) in [5.41, 5.74) is 0. The van der Waals surface area contributed by atoms with Crippen LogP contribution in [0.25, 0.3) is 0 Å². The second-order valence-electron chi connectivity index (χ2n) is 5.41. The predicted octanol–water partition coefficient (Wildman–Crippen LogP) is -0.333. The molecule has 2 saturated heterocycles. The highest BCUT2D eigenvalue weighted by Crippen LogP contribution is 2.19. The monoisotopic (exact) mass is 289 g/mol. The number of carbonyl (C=O) groups excluding carboxylic acids is 1. The van der Waals surface area contributed by atoms with Crippen LogP contribution >= 0.6 is 0 Å². The Labute approximate surface area is 115 Å². The van der Waals surface area contributed by atoms with Gasteiger partial charge >= 0.3 is 0 Å². The average Bonchev–Trinajstić information content (AvgIpc) is 2.74. The van der Waals surface area contributed by atoms with Crippen molar-refractivity contribution in [3.05, 3.63) is 0 Å². The molecule has 0 saturated carbocycles. The van der Waals surface area contributed by atoms with E-state index in [2.05, 4.69) is 10.0 Å². The number of sulfonamides is 1.